The van der Waals surface area contributed by atoms with Crippen molar-refractivity contribution in [2.75, 3.05) is 4.90 Å². The predicted octanol–water partition coefficient (Wildman–Crippen LogP) is 13.3. The van der Waals surface area contributed by atoms with Gasteiger partial charge in [0.15, 0.2) is 0 Å². The first-order valence-corrected chi connectivity index (χ1v) is 16.4. The summed E-state index contributed by atoms with van der Waals surface area (Å²) in [4.78, 5) is 2.33. The highest BCUT2D eigenvalue weighted by molar-refractivity contribution is 6.22. The highest BCUT2D eigenvalue weighted by Gasteiger charge is 2.17. The molecule has 0 unspecified atom stereocenters. The molecule has 0 fully saturated rings. The van der Waals surface area contributed by atoms with Gasteiger partial charge in [0.25, 0.3) is 0 Å². The molecule has 0 radical (unpaired) electrons. The van der Waals surface area contributed by atoms with Gasteiger partial charge in [0.05, 0.1) is 0 Å². The van der Waals surface area contributed by atoms with Crippen molar-refractivity contribution in [3.63, 3.8) is 0 Å². The Morgan fingerprint density at radius 3 is 1.83 bits per heavy atom. The second-order valence-corrected chi connectivity index (χ2v) is 12.5. The molecule has 0 N–H and O–H groups in total. The van der Waals surface area contributed by atoms with Crippen LogP contribution >= 0.6 is 0 Å². The van der Waals surface area contributed by atoms with E-state index in [1.807, 2.05) is 0 Å². The molecule has 0 aliphatic rings. The van der Waals surface area contributed by atoms with Crippen LogP contribution in [0, 0.1) is 0 Å². The number of hydrogen-bond donors (Lipinski definition) is 0. The maximum Gasteiger partial charge on any atom is 0.143 e. The van der Waals surface area contributed by atoms with Crippen LogP contribution in [-0.4, -0.2) is 0 Å². The fourth-order valence-electron chi connectivity index (χ4n) is 7.56. The van der Waals surface area contributed by atoms with Crippen LogP contribution < -0.4 is 4.90 Å². The second kappa shape index (κ2) is 10.6. The maximum absolute atomic E-state index is 6.44. The SMILES string of the molecule is c1ccc(N(c2ccc(-c3cccc4c3ccc3ccc5ccccc5c34)cc2)c2ccc3oc4c5ccccc5ccc4c3c2)cc1. The molecule has 224 valence electrons. The summed E-state index contributed by atoms with van der Waals surface area (Å²) in [6.45, 7) is 0. The summed E-state index contributed by atoms with van der Waals surface area (Å²) in [6, 6.07) is 63.3. The lowest BCUT2D eigenvalue weighted by Crippen LogP contribution is -2.09. The number of benzene rings is 9. The van der Waals surface area contributed by atoms with E-state index in [9.17, 15) is 0 Å². The molecule has 0 atom stereocenters. The summed E-state index contributed by atoms with van der Waals surface area (Å²) in [7, 11) is 0. The largest absolute Gasteiger partial charge is 0.455 e. The Labute approximate surface area is 277 Å². The Morgan fingerprint density at radius 2 is 0.979 bits per heavy atom. The molecule has 0 aliphatic carbocycles. The van der Waals surface area contributed by atoms with Gasteiger partial charge in [0.1, 0.15) is 11.2 Å². The smallest absolute Gasteiger partial charge is 0.143 e. The Bertz CT molecular complexity index is 2830. The molecular weight excluding hydrogens is 583 g/mol. The fourth-order valence-corrected chi connectivity index (χ4v) is 7.56. The number of anilines is 3. The molecule has 0 bridgehead atoms. The van der Waals surface area contributed by atoms with Crippen LogP contribution in [-0.2, 0) is 0 Å². The lowest BCUT2D eigenvalue weighted by molar-refractivity contribution is 0.672. The molecule has 0 saturated carbocycles. The van der Waals surface area contributed by atoms with E-state index in [2.05, 4.69) is 181 Å². The first-order chi connectivity index (χ1) is 23.8. The Hall–Kier alpha value is -6.38. The highest BCUT2D eigenvalue weighted by Crippen LogP contribution is 2.42. The predicted molar refractivity (Wildman–Crippen MR) is 204 cm³/mol. The van der Waals surface area contributed by atoms with Crippen molar-refractivity contribution < 1.29 is 4.42 Å². The summed E-state index contributed by atoms with van der Waals surface area (Å²) < 4.78 is 6.44. The van der Waals surface area contributed by atoms with E-state index in [1.54, 1.807) is 0 Å². The van der Waals surface area contributed by atoms with Crippen molar-refractivity contribution in [2.45, 2.75) is 0 Å². The van der Waals surface area contributed by atoms with Crippen molar-refractivity contribution in [3.05, 3.63) is 176 Å². The van der Waals surface area contributed by atoms with E-state index in [0.717, 1.165) is 44.4 Å². The van der Waals surface area contributed by atoms with Crippen LogP contribution in [0.1, 0.15) is 0 Å². The molecule has 1 aromatic heterocycles. The molecule has 0 spiro atoms. The monoisotopic (exact) mass is 611 g/mol. The van der Waals surface area contributed by atoms with Crippen molar-refractivity contribution >= 4 is 82.1 Å². The number of fused-ring (bicyclic) bond motifs is 10. The van der Waals surface area contributed by atoms with E-state index in [0.29, 0.717) is 0 Å². The summed E-state index contributed by atoms with van der Waals surface area (Å²) in [6.07, 6.45) is 0. The van der Waals surface area contributed by atoms with Gasteiger partial charge in [0.2, 0.25) is 0 Å². The molecule has 0 saturated heterocycles. The van der Waals surface area contributed by atoms with E-state index < -0.39 is 0 Å². The third kappa shape index (κ3) is 4.13. The minimum Gasteiger partial charge on any atom is -0.455 e. The number of para-hydroxylation sites is 1. The molecule has 0 aliphatic heterocycles. The Morgan fingerprint density at radius 1 is 0.354 bits per heavy atom. The molecule has 10 rings (SSSR count). The van der Waals surface area contributed by atoms with Crippen LogP contribution in [0.2, 0.25) is 0 Å². The quantitative estimate of drug-likeness (QED) is 0.184. The lowest BCUT2D eigenvalue weighted by Gasteiger charge is -2.25. The summed E-state index contributed by atoms with van der Waals surface area (Å²) in [5.41, 5.74) is 7.54. The fraction of sp³-hybridized carbons (Fsp3) is 0. The maximum atomic E-state index is 6.44. The van der Waals surface area contributed by atoms with Crippen molar-refractivity contribution in [1.29, 1.82) is 0 Å². The number of hydrogen-bond acceptors (Lipinski definition) is 2. The summed E-state index contributed by atoms with van der Waals surface area (Å²) in [5.74, 6) is 0. The van der Waals surface area contributed by atoms with E-state index in [1.165, 1.54) is 48.8 Å². The molecule has 1 heterocycles. The van der Waals surface area contributed by atoms with E-state index in [4.69, 9.17) is 4.42 Å². The molecule has 2 nitrogen and oxygen atoms in total. The van der Waals surface area contributed by atoms with Gasteiger partial charge >= 0.3 is 0 Å². The van der Waals surface area contributed by atoms with Gasteiger partial charge in [-0.15, -0.1) is 0 Å². The zero-order valence-corrected chi connectivity index (χ0v) is 26.1. The number of rotatable bonds is 4. The van der Waals surface area contributed by atoms with Crippen LogP contribution in [0.4, 0.5) is 17.1 Å². The third-order valence-corrected chi connectivity index (χ3v) is 9.82. The lowest BCUT2D eigenvalue weighted by atomic mass is 9.92. The van der Waals surface area contributed by atoms with E-state index >= 15 is 0 Å². The van der Waals surface area contributed by atoms with Crippen LogP contribution in [0.25, 0.3) is 76.2 Å². The normalized spacial score (nSPS) is 11.8. The first-order valence-electron chi connectivity index (χ1n) is 16.4. The molecule has 48 heavy (non-hydrogen) atoms. The highest BCUT2D eigenvalue weighted by atomic mass is 16.3. The van der Waals surface area contributed by atoms with Crippen LogP contribution in [0.5, 0.6) is 0 Å². The summed E-state index contributed by atoms with van der Waals surface area (Å²) in [5, 5.41) is 12.2. The van der Waals surface area contributed by atoms with Gasteiger partial charge in [-0.1, -0.05) is 127 Å². The van der Waals surface area contributed by atoms with Crippen molar-refractivity contribution in [1.82, 2.24) is 0 Å². The molecule has 9 aromatic carbocycles. The molecular formula is C46H29NO. The van der Waals surface area contributed by atoms with Gasteiger partial charge in [0, 0.05) is 33.2 Å². The van der Waals surface area contributed by atoms with Gasteiger partial charge in [-0.05, 0) is 97.4 Å². The summed E-state index contributed by atoms with van der Waals surface area (Å²) >= 11 is 0. The molecule has 2 heteroatoms. The second-order valence-electron chi connectivity index (χ2n) is 12.5. The number of furan rings is 1. The molecule has 0 amide bonds. The topological polar surface area (TPSA) is 16.4 Å². The van der Waals surface area contributed by atoms with Gasteiger partial charge < -0.3 is 9.32 Å². The minimum absolute atomic E-state index is 0.893. The molecule has 10 aromatic rings. The number of nitrogens with zero attached hydrogens (tertiary/aromatic N) is 1. The Kier molecular flexibility index (Phi) is 5.91. The van der Waals surface area contributed by atoms with Crippen molar-refractivity contribution in [3.8, 4) is 11.1 Å². The Balaban J connectivity index is 1.11. The van der Waals surface area contributed by atoms with E-state index in [-0.39, 0.29) is 0 Å². The van der Waals surface area contributed by atoms with Gasteiger partial charge in [-0.2, -0.15) is 0 Å². The van der Waals surface area contributed by atoms with Gasteiger partial charge in [-0.25, -0.2) is 0 Å². The zero-order valence-electron chi connectivity index (χ0n) is 26.1. The first kappa shape index (κ1) is 26.8. The standard InChI is InChI=1S/C46H29NO/c1-2-11-34(12-3-1)47(36-25-28-44-43(29-36)42-27-21-31-10-5-7-14-39(31)46(42)48-44)35-23-19-32(20-24-35)37-15-8-16-41-40(37)26-22-33-18-17-30-9-4-6-13-38(30)45(33)41/h1-29H. The van der Waals surface area contributed by atoms with Crippen molar-refractivity contribution in [2.24, 2.45) is 0 Å². The zero-order chi connectivity index (χ0) is 31.6. The van der Waals surface area contributed by atoms with Crippen LogP contribution in [0.3, 0.4) is 0 Å². The van der Waals surface area contributed by atoms with Gasteiger partial charge in [-0.3, -0.25) is 0 Å². The minimum atomic E-state index is 0.893. The average molecular weight is 612 g/mol. The average Bonchev–Trinajstić information content (AvgIpc) is 3.54. The third-order valence-electron chi connectivity index (χ3n) is 9.82. The van der Waals surface area contributed by atoms with Crippen LogP contribution in [0.15, 0.2) is 180 Å².